The van der Waals surface area contributed by atoms with Crippen molar-refractivity contribution in [2.45, 2.75) is 39.2 Å². The minimum Gasteiger partial charge on any atom is -0.370 e. The molecular formula is C10H21N3O2. The second kappa shape index (κ2) is 6.40. The zero-order valence-electron chi connectivity index (χ0n) is 9.72. The van der Waals surface area contributed by atoms with Gasteiger partial charge in [0.05, 0.1) is 0 Å². The van der Waals surface area contributed by atoms with E-state index in [1.165, 1.54) is 0 Å². The van der Waals surface area contributed by atoms with Crippen molar-refractivity contribution >= 4 is 11.8 Å². The highest BCUT2D eigenvalue weighted by Gasteiger charge is 2.19. The van der Waals surface area contributed by atoms with Crippen LogP contribution in [0, 0.1) is 0 Å². The monoisotopic (exact) mass is 215 g/mol. The number of carbonyl (C=O) groups is 2. The van der Waals surface area contributed by atoms with Crippen molar-refractivity contribution in [2.75, 3.05) is 13.1 Å². The van der Waals surface area contributed by atoms with Crippen molar-refractivity contribution in [3.63, 3.8) is 0 Å². The lowest BCUT2D eigenvalue weighted by molar-refractivity contribution is -0.120. The molecule has 0 aliphatic heterocycles. The Balaban J connectivity index is 3.74. The minimum absolute atomic E-state index is 0.0138. The van der Waals surface area contributed by atoms with Crippen molar-refractivity contribution in [2.24, 2.45) is 5.73 Å². The Labute approximate surface area is 90.8 Å². The molecule has 0 rings (SSSR count). The van der Waals surface area contributed by atoms with E-state index in [4.69, 9.17) is 5.73 Å². The first-order valence-electron chi connectivity index (χ1n) is 5.17. The van der Waals surface area contributed by atoms with Crippen LogP contribution in [0.5, 0.6) is 0 Å². The van der Waals surface area contributed by atoms with Crippen LogP contribution >= 0.6 is 0 Å². The number of rotatable bonds is 7. The SMILES string of the molecule is CCNC(=O)CCNC(C)(C)CC(N)=O. The van der Waals surface area contributed by atoms with Crippen LogP contribution in [0.1, 0.15) is 33.6 Å². The van der Waals surface area contributed by atoms with E-state index in [0.29, 0.717) is 19.5 Å². The molecule has 88 valence electrons. The summed E-state index contributed by atoms with van der Waals surface area (Å²) in [5, 5.41) is 5.82. The lowest BCUT2D eigenvalue weighted by Gasteiger charge is -2.24. The van der Waals surface area contributed by atoms with Crippen molar-refractivity contribution in [1.82, 2.24) is 10.6 Å². The van der Waals surface area contributed by atoms with Gasteiger partial charge in [0.15, 0.2) is 0 Å². The zero-order chi connectivity index (χ0) is 11.9. The first-order valence-corrected chi connectivity index (χ1v) is 5.17. The number of hydrogen-bond acceptors (Lipinski definition) is 3. The van der Waals surface area contributed by atoms with Crippen molar-refractivity contribution in [1.29, 1.82) is 0 Å². The van der Waals surface area contributed by atoms with Gasteiger partial charge < -0.3 is 16.4 Å². The Kier molecular flexibility index (Phi) is 5.93. The van der Waals surface area contributed by atoms with Crippen LogP contribution in [0.15, 0.2) is 0 Å². The van der Waals surface area contributed by atoms with Gasteiger partial charge in [-0.3, -0.25) is 9.59 Å². The molecule has 2 amide bonds. The second-order valence-electron chi connectivity index (χ2n) is 4.16. The van der Waals surface area contributed by atoms with E-state index >= 15 is 0 Å². The number of amides is 2. The highest BCUT2D eigenvalue weighted by molar-refractivity contribution is 5.76. The van der Waals surface area contributed by atoms with E-state index in [9.17, 15) is 9.59 Å². The Hall–Kier alpha value is -1.10. The normalized spacial score (nSPS) is 11.1. The maximum Gasteiger partial charge on any atom is 0.221 e. The van der Waals surface area contributed by atoms with Crippen LogP contribution in [0.4, 0.5) is 0 Å². The smallest absolute Gasteiger partial charge is 0.221 e. The van der Waals surface area contributed by atoms with Crippen molar-refractivity contribution in [3.8, 4) is 0 Å². The van der Waals surface area contributed by atoms with Gasteiger partial charge in [0, 0.05) is 31.5 Å². The lowest BCUT2D eigenvalue weighted by atomic mass is 10.0. The third-order valence-electron chi connectivity index (χ3n) is 1.95. The number of hydrogen-bond donors (Lipinski definition) is 3. The quantitative estimate of drug-likeness (QED) is 0.548. The summed E-state index contributed by atoms with van der Waals surface area (Å²) in [6.07, 6.45) is 0.679. The molecule has 0 radical (unpaired) electrons. The van der Waals surface area contributed by atoms with Gasteiger partial charge in [-0.05, 0) is 20.8 Å². The van der Waals surface area contributed by atoms with E-state index < -0.39 is 0 Å². The fourth-order valence-electron chi connectivity index (χ4n) is 1.30. The molecule has 5 heteroatoms. The Bertz CT molecular complexity index is 227. The van der Waals surface area contributed by atoms with Gasteiger partial charge in [-0.2, -0.15) is 0 Å². The summed E-state index contributed by atoms with van der Waals surface area (Å²) in [5.74, 6) is -0.328. The molecule has 5 nitrogen and oxygen atoms in total. The summed E-state index contributed by atoms with van der Waals surface area (Å²) in [5.41, 5.74) is 4.75. The predicted molar refractivity (Wildman–Crippen MR) is 59.2 cm³/mol. The van der Waals surface area contributed by atoms with Crippen LogP contribution < -0.4 is 16.4 Å². The number of nitrogens with two attached hydrogens (primary N) is 1. The summed E-state index contributed by atoms with van der Waals surface area (Å²) < 4.78 is 0. The number of nitrogens with one attached hydrogen (secondary N) is 2. The zero-order valence-corrected chi connectivity index (χ0v) is 9.72. The number of primary amides is 1. The highest BCUT2D eigenvalue weighted by Crippen LogP contribution is 2.06. The van der Waals surface area contributed by atoms with Gasteiger partial charge in [-0.1, -0.05) is 0 Å². The molecule has 0 atom stereocenters. The van der Waals surface area contributed by atoms with E-state index in [1.54, 1.807) is 0 Å². The van der Waals surface area contributed by atoms with Crippen LogP contribution in [-0.4, -0.2) is 30.4 Å². The van der Waals surface area contributed by atoms with E-state index in [-0.39, 0.29) is 23.8 Å². The summed E-state index contributed by atoms with van der Waals surface area (Å²) >= 11 is 0. The maximum atomic E-state index is 11.1. The second-order valence-corrected chi connectivity index (χ2v) is 4.16. The molecule has 0 heterocycles. The molecule has 4 N–H and O–H groups in total. The summed E-state index contributed by atoms with van der Waals surface area (Å²) in [4.78, 5) is 21.8. The maximum absolute atomic E-state index is 11.1. The van der Waals surface area contributed by atoms with Gasteiger partial charge in [-0.25, -0.2) is 0 Å². The van der Waals surface area contributed by atoms with Gasteiger partial charge in [0.1, 0.15) is 0 Å². The van der Waals surface area contributed by atoms with Crippen molar-refractivity contribution < 1.29 is 9.59 Å². The van der Waals surface area contributed by atoms with E-state index in [2.05, 4.69) is 10.6 Å². The fourth-order valence-corrected chi connectivity index (χ4v) is 1.30. The van der Waals surface area contributed by atoms with E-state index in [1.807, 2.05) is 20.8 Å². The number of carbonyl (C=O) groups excluding carboxylic acids is 2. The summed E-state index contributed by atoms with van der Waals surface area (Å²) in [6, 6.07) is 0. The Morgan fingerprint density at radius 1 is 1.33 bits per heavy atom. The predicted octanol–water partition coefficient (Wildman–Crippen LogP) is -0.244. The average Bonchev–Trinajstić information content (AvgIpc) is 2.01. The molecule has 0 aromatic carbocycles. The third kappa shape index (κ3) is 7.93. The molecule has 0 fully saturated rings. The van der Waals surface area contributed by atoms with Gasteiger partial charge in [0.25, 0.3) is 0 Å². The first kappa shape index (κ1) is 13.9. The van der Waals surface area contributed by atoms with Gasteiger partial charge in [0.2, 0.25) is 11.8 Å². The average molecular weight is 215 g/mol. The largest absolute Gasteiger partial charge is 0.370 e. The molecule has 0 saturated heterocycles. The topological polar surface area (TPSA) is 84.2 Å². The molecule has 0 unspecified atom stereocenters. The van der Waals surface area contributed by atoms with Gasteiger partial charge in [-0.15, -0.1) is 0 Å². The van der Waals surface area contributed by atoms with Crippen LogP contribution in [0.2, 0.25) is 0 Å². The molecule has 0 saturated carbocycles. The van der Waals surface area contributed by atoms with E-state index in [0.717, 1.165) is 0 Å². The molecule has 0 bridgehead atoms. The Morgan fingerprint density at radius 3 is 2.40 bits per heavy atom. The lowest BCUT2D eigenvalue weighted by Crippen LogP contribution is -2.44. The summed E-state index contributed by atoms with van der Waals surface area (Å²) in [7, 11) is 0. The minimum atomic E-state index is -0.349. The van der Waals surface area contributed by atoms with Crippen molar-refractivity contribution in [3.05, 3.63) is 0 Å². The van der Waals surface area contributed by atoms with Crippen LogP contribution in [-0.2, 0) is 9.59 Å². The van der Waals surface area contributed by atoms with Crippen LogP contribution in [0.3, 0.4) is 0 Å². The molecular weight excluding hydrogens is 194 g/mol. The molecule has 0 spiro atoms. The standard InChI is InChI=1S/C10H21N3O2/c1-4-12-9(15)5-6-13-10(2,3)7-8(11)14/h13H,4-7H2,1-3H3,(H2,11,14)(H,12,15). The summed E-state index contributed by atoms with van der Waals surface area (Å²) in [6.45, 7) is 6.84. The molecule has 0 aromatic heterocycles. The van der Waals surface area contributed by atoms with Crippen LogP contribution in [0.25, 0.3) is 0 Å². The molecule has 0 aliphatic rings. The molecule has 0 aliphatic carbocycles. The van der Waals surface area contributed by atoms with Gasteiger partial charge >= 0.3 is 0 Å². The molecule has 0 aromatic rings. The Morgan fingerprint density at radius 2 is 1.93 bits per heavy atom. The highest BCUT2D eigenvalue weighted by atomic mass is 16.1. The fraction of sp³-hybridized carbons (Fsp3) is 0.800. The third-order valence-corrected chi connectivity index (χ3v) is 1.95. The first-order chi connectivity index (χ1) is 6.87. The molecule has 15 heavy (non-hydrogen) atoms.